The van der Waals surface area contributed by atoms with E-state index >= 15 is 0 Å². The van der Waals surface area contributed by atoms with E-state index in [1.54, 1.807) is 37.3 Å². The fraction of sp³-hybridized carbons (Fsp3) is 0.133. The topological polar surface area (TPSA) is 84.5 Å². The van der Waals surface area contributed by atoms with Gasteiger partial charge in [0, 0.05) is 11.8 Å². The number of rotatable bonds is 3. The minimum atomic E-state index is -3.72. The molecule has 7 heteroatoms. The van der Waals surface area contributed by atoms with Crippen LogP contribution in [0.25, 0.3) is 0 Å². The molecule has 3 rings (SSSR count). The second kappa shape index (κ2) is 5.34. The van der Waals surface area contributed by atoms with Crippen molar-refractivity contribution in [1.82, 2.24) is 0 Å². The molecule has 1 atom stereocenters. The standard InChI is InChI=1S/C15H14N2O4S/c1-10-15(18)16-13-8-7-12(9-14(13)21-10)22(19,20)17-11-5-3-2-4-6-11/h2-10,17H,1H3,(H,16,18). The molecule has 0 saturated carbocycles. The molecule has 0 spiro atoms. The molecule has 2 aromatic carbocycles. The van der Waals surface area contributed by atoms with Crippen molar-refractivity contribution < 1.29 is 17.9 Å². The highest BCUT2D eigenvalue weighted by Gasteiger charge is 2.25. The number of carbonyl (C=O) groups excluding carboxylic acids is 1. The first-order valence-corrected chi connectivity index (χ1v) is 8.13. The molecule has 0 aromatic heterocycles. The third-order valence-electron chi connectivity index (χ3n) is 3.22. The smallest absolute Gasteiger partial charge is 0.265 e. The number of fused-ring (bicyclic) bond motifs is 1. The van der Waals surface area contributed by atoms with Crippen LogP contribution >= 0.6 is 0 Å². The monoisotopic (exact) mass is 318 g/mol. The van der Waals surface area contributed by atoms with Crippen molar-refractivity contribution in [3.63, 3.8) is 0 Å². The molecule has 1 unspecified atom stereocenters. The Labute approximate surface area is 128 Å². The Balaban J connectivity index is 1.92. The first-order chi connectivity index (χ1) is 10.5. The van der Waals surface area contributed by atoms with E-state index in [1.807, 2.05) is 0 Å². The lowest BCUT2D eigenvalue weighted by atomic mass is 10.2. The van der Waals surface area contributed by atoms with Crippen molar-refractivity contribution in [3.8, 4) is 5.75 Å². The van der Waals surface area contributed by atoms with Crippen LogP contribution in [0, 0.1) is 0 Å². The lowest BCUT2D eigenvalue weighted by Crippen LogP contribution is -2.34. The van der Waals surface area contributed by atoms with Crippen molar-refractivity contribution >= 4 is 27.3 Å². The molecule has 6 nitrogen and oxygen atoms in total. The molecule has 0 bridgehead atoms. The van der Waals surface area contributed by atoms with Crippen LogP contribution in [0.1, 0.15) is 6.92 Å². The normalized spacial score (nSPS) is 17.1. The molecule has 0 saturated heterocycles. The van der Waals surface area contributed by atoms with Crippen LogP contribution in [0.3, 0.4) is 0 Å². The highest BCUT2D eigenvalue weighted by atomic mass is 32.2. The summed E-state index contributed by atoms with van der Waals surface area (Å²) in [5.74, 6) is 0.0774. The second-order valence-electron chi connectivity index (χ2n) is 4.88. The van der Waals surface area contributed by atoms with Gasteiger partial charge in [-0.2, -0.15) is 0 Å². The Bertz CT molecular complexity index is 819. The lowest BCUT2D eigenvalue weighted by Gasteiger charge is -2.23. The van der Waals surface area contributed by atoms with E-state index in [0.717, 1.165) is 0 Å². The summed E-state index contributed by atoms with van der Waals surface area (Å²) in [7, 11) is -3.72. The van der Waals surface area contributed by atoms with Gasteiger partial charge in [0.1, 0.15) is 5.75 Å². The van der Waals surface area contributed by atoms with E-state index < -0.39 is 16.1 Å². The summed E-state index contributed by atoms with van der Waals surface area (Å²) in [6.07, 6.45) is -0.660. The van der Waals surface area contributed by atoms with Gasteiger partial charge in [-0.25, -0.2) is 8.42 Å². The first-order valence-electron chi connectivity index (χ1n) is 6.65. The van der Waals surface area contributed by atoms with E-state index in [2.05, 4.69) is 10.0 Å². The number of hydrogen-bond donors (Lipinski definition) is 2. The van der Waals surface area contributed by atoms with Crippen LogP contribution < -0.4 is 14.8 Å². The summed E-state index contributed by atoms with van der Waals surface area (Å²) >= 11 is 0. The molecular formula is C15H14N2O4S. The summed E-state index contributed by atoms with van der Waals surface area (Å²) in [6, 6.07) is 12.9. The van der Waals surface area contributed by atoms with Crippen molar-refractivity contribution in [3.05, 3.63) is 48.5 Å². The lowest BCUT2D eigenvalue weighted by molar-refractivity contribution is -0.122. The third kappa shape index (κ3) is 2.75. The average molecular weight is 318 g/mol. The summed E-state index contributed by atoms with van der Waals surface area (Å²) in [5, 5.41) is 2.66. The molecule has 1 amide bonds. The maximum atomic E-state index is 12.4. The Morgan fingerprint density at radius 1 is 1.14 bits per heavy atom. The second-order valence-corrected chi connectivity index (χ2v) is 6.56. The van der Waals surface area contributed by atoms with Gasteiger partial charge in [0.05, 0.1) is 10.6 Å². The van der Waals surface area contributed by atoms with Gasteiger partial charge in [-0.05, 0) is 31.2 Å². The minimum Gasteiger partial charge on any atom is -0.479 e. The molecule has 0 aliphatic carbocycles. The van der Waals surface area contributed by atoms with Crippen LogP contribution in [0.5, 0.6) is 5.75 Å². The minimum absolute atomic E-state index is 0.0680. The van der Waals surface area contributed by atoms with Crippen molar-refractivity contribution in [1.29, 1.82) is 0 Å². The summed E-state index contributed by atoms with van der Waals surface area (Å²) in [4.78, 5) is 11.6. The van der Waals surface area contributed by atoms with Gasteiger partial charge in [0.15, 0.2) is 6.10 Å². The maximum absolute atomic E-state index is 12.4. The predicted octanol–water partition coefficient (Wildman–Crippen LogP) is 2.21. The van der Waals surface area contributed by atoms with Gasteiger partial charge in [-0.1, -0.05) is 18.2 Å². The van der Waals surface area contributed by atoms with E-state index in [9.17, 15) is 13.2 Å². The Kier molecular flexibility index (Phi) is 3.50. The number of para-hydroxylation sites is 1. The maximum Gasteiger partial charge on any atom is 0.265 e. The van der Waals surface area contributed by atoms with E-state index in [4.69, 9.17) is 4.74 Å². The van der Waals surface area contributed by atoms with Crippen molar-refractivity contribution in [2.75, 3.05) is 10.0 Å². The zero-order chi connectivity index (χ0) is 15.7. The third-order valence-corrected chi connectivity index (χ3v) is 4.60. The highest BCUT2D eigenvalue weighted by Crippen LogP contribution is 2.32. The molecule has 0 fully saturated rings. The molecule has 22 heavy (non-hydrogen) atoms. The number of amides is 1. The average Bonchev–Trinajstić information content (AvgIpc) is 2.48. The summed E-state index contributed by atoms with van der Waals surface area (Å²) in [6.45, 7) is 1.60. The van der Waals surface area contributed by atoms with Gasteiger partial charge in [-0.15, -0.1) is 0 Å². The predicted molar refractivity (Wildman–Crippen MR) is 82.4 cm³/mol. The van der Waals surface area contributed by atoms with Gasteiger partial charge in [-0.3, -0.25) is 9.52 Å². The van der Waals surface area contributed by atoms with Crippen molar-refractivity contribution in [2.45, 2.75) is 17.9 Å². The fourth-order valence-corrected chi connectivity index (χ4v) is 3.14. The zero-order valence-corrected chi connectivity index (χ0v) is 12.6. The number of anilines is 2. The van der Waals surface area contributed by atoms with Gasteiger partial charge in [0.2, 0.25) is 0 Å². The molecular weight excluding hydrogens is 304 g/mol. The number of nitrogens with one attached hydrogen (secondary N) is 2. The summed E-state index contributed by atoms with van der Waals surface area (Å²) < 4.78 is 32.7. The Morgan fingerprint density at radius 2 is 1.86 bits per heavy atom. The van der Waals surface area contributed by atoms with Crippen LogP contribution in [0.2, 0.25) is 0 Å². The van der Waals surface area contributed by atoms with Gasteiger partial charge < -0.3 is 10.1 Å². The first kappa shape index (κ1) is 14.4. The molecule has 2 N–H and O–H groups in total. The van der Waals surface area contributed by atoms with Gasteiger partial charge in [0.25, 0.3) is 15.9 Å². The number of ether oxygens (including phenoxy) is 1. The van der Waals surface area contributed by atoms with Crippen LogP contribution in [-0.4, -0.2) is 20.4 Å². The Morgan fingerprint density at radius 3 is 2.59 bits per heavy atom. The van der Waals surface area contributed by atoms with Crippen molar-refractivity contribution in [2.24, 2.45) is 0 Å². The summed E-state index contributed by atoms with van der Waals surface area (Å²) in [5.41, 5.74) is 0.935. The fourth-order valence-electron chi connectivity index (χ4n) is 2.07. The van der Waals surface area contributed by atoms with Gasteiger partial charge >= 0.3 is 0 Å². The molecule has 2 aromatic rings. The van der Waals surface area contributed by atoms with Crippen LogP contribution in [0.4, 0.5) is 11.4 Å². The largest absolute Gasteiger partial charge is 0.479 e. The zero-order valence-electron chi connectivity index (χ0n) is 11.7. The molecule has 0 radical (unpaired) electrons. The number of carbonyl (C=O) groups is 1. The number of sulfonamides is 1. The van der Waals surface area contributed by atoms with Crippen LogP contribution in [0.15, 0.2) is 53.4 Å². The van der Waals surface area contributed by atoms with E-state index in [-0.39, 0.29) is 10.8 Å². The SMILES string of the molecule is CC1Oc2cc(S(=O)(=O)Nc3ccccc3)ccc2NC1=O. The van der Waals surface area contributed by atoms with E-state index in [1.165, 1.54) is 18.2 Å². The number of hydrogen-bond acceptors (Lipinski definition) is 4. The molecule has 1 aliphatic heterocycles. The molecule has 1 heterocycles. The van der Waals surface area contributed by atoms with E-state index in [0.29, 0.717) is 17.1 Å². The number of benzene rings is 2. The Hall–Kier alpha value is -2.54. The highest BCUT2D eigenvalue weighted by molar-refractivity contribution is 7.92. The molecule has 114 valence electrons. The quantitative estimate of drug-likeness (QED) is 0.908. The molecule has 1 aliphatic rings. The van der Waals surface area contributed by atoms with Crippen LogP contribution in [-0.2, 0) is 14.8 Å².